The summed E-state index contributed by atoms with van der Waals surface area (Å²) in [6.07, 6.45) is 1.97. The lowest BCUT2D eigenvalue weighted by Crippen LogP contribution is -2.28. The Kier molecular flexibility index (Phi) is 2.68. The minimum Gasteiger partial charge on any atom is -0.481 e. The second-order valence-electron chi connectivity index (χ2n) is 4.03. The van der Waals surface area contributed by atoms with Gasteiger partial charge in [-0.15, -0.1) is 0 Å². The number of hydrogen-bond donors (Lipinski definition) is 2. The van der Waals surface area contributed by atoms with E-state index in [2.05, 4.69) is 5.32 Å². The predicted octanol–water partition coefficient (Wildman–Crippen LogP) is 1.18. The van der Waals surface area contributed by atoms with Crippen molar-refractivity contribution >= 4 is 11.9 Å². The van der Waals surface area contributed by atoms with Crippen molar-refractivity contribution in [2.45, 2.75) is 19.4 Å². The number of amides is 1. The second-order valence-corrected chi connectivity index (χ2v) is 4.03. The van der Waals surface area contributed by atoms with Crippen LogP contribution in [0.25, 0.3) is 0 Å². The lowest BCUT2D eigenvalue weighted by molar-refractivity contribution is -0.140. The minimum absolute atomic E-state index is 0.212. The number of aliphatic carboxylic acids is 1. The number of nitrogens with one attached hydrogen (secondary N) is 1. The highest BCUT2D eigenvalue weighted by molar-refractivity contribution is 5.89. The van der Waals surface area contributed by atoms with Gasteiger partial charge >= 0.3 is 5.97 Å². The molecule has 1 saturated carbocycles. The molecule has 0 spiro atoms. The van der Waals surface area contributed by atoms with E-state index >= 15 is 0 Å². The maximum Gasteiger partial charge on any atom is 0.307 e. The van der Waals surface area contributed by atoms with Crippen LogP contribution in [0.2, 0.25) is 0 Å². The third kappa shape index (κ3) is 2.08. The molecule has 2 unspecified atom stereocenters. The molecule has 2 rings (SSSR count). The Labute approximate surface area is 92.4 Å². The molecule has 1 fully saturated rings. The van der Waals surface area contributed by atoms with Crippen LogP contribution < -0.4 is 5.32 Å². The summed E-state index contributed by atoms with van der Waals surface area (Å²) < 4.78 is 5.14. The summed E-state index contributed by atoms with van der Waals surface area (Å²) in [4.78, 5) is 22.2. The topological polar surface area (TPSA) is 79.5 Å². The Hall–Kier alpha value is -1.78. The molecule has 0 bridgehead atoms. The first-order chi connectivity index (χ1) is 7.59. The van der Waals surface area contributed by atoms with Crippen molar-refractivity contribution in [1.82, 2.24) is 5.32 Å². The average molecular weight is 223 g/mol. The highest BCUT2D eigenvalue weighted by atomic mass is 16.4. The Bertz CT molecular complexity index is 398. The first-order valence-corrected chi connectivity index (χ1v) is 5.16. The van der Waals surface area contributed by atoms with Crippen LogP contribution in [-0.2, 0) is 9.59 Å². The van der Waals surface area contributed by atoms with Gasteiger partial charge in [0, 0.05) is 0 Å². The van der Waals surface area contributed by atoms with Gasteiger partial charge in [-0.2, -0.15) is 0 Å². The molecule has 3 atom stereocenters. The highest BCUT2D eigenvalue weighted by Gasteiger charge is 2.48. The van der Waals surface area contributed by atoms with E-state index in [1.165, 1.54) is 6.26 Å². The van der Waals surface area contributed by atoms with Gasteiger partial charge in [0.15, 0.2) is 0 Å². The van der Waals surface area contributed by atoms with Crippen LogP contribution in [0.15, 0.2) is 22.8 Å². The van der Waals surface area contributed by atoms with Crippen LogP contribution in [0.3, 0.4) is 0 Å². The van der Waals surface area contributed by atoms with Crippen molar-refractivity contribution < 1.29 is 19.1 Å². The highest BCUT2D eigenvalue weighted by Crippen LogP contribution is 2.39. The van der Waals surface area contributed by atoms with Gasteiger partial charge in [-0.3, -0.25) is 9.59 Å². The Morgan fingerprint density at radius 3 is 2.81 bits per heavy atom. The molecule has 5 heteroatoms. The molecule has 0 aliphatic heterocycles. The summed E-state index contributed by atoms with van der Waals surface area (Å²) >= 11 is 0. The zero-order valence-corrected chi connectivity index (χ0v) is 8.84. The van der Waals surface area contributed by atoms with E-state index in [-0.39, 0.29) is 17.9 Å². The molecule has 86 valence electrons. The molecule has 16 heavy (non-hydrogen) atoms. The summed E-state index contributed by atoms with van der Waals surface area (Å²) in [5.74, 6) is -1.33. The quantitative estimate of drug-likeness (QED) is 0.803. The first kappa shape index (κ1) is 10.7. The molecule has 5 nitrogen and oxygen atoms in total. The lowest BCUT2D eigenvalue weighted by Gasteiger charge is -2.10. The fourth-order valence-electron chi connectivity index (χ4n) is 1.69. The fourth-order valence-corrected chi connectivity index (χ4v) is 1.69. The molecule has 0 aromatic carbocycles. The SMILES string of the molecule is C[C@@H](NC(=O)C1CC1C(=O)O)c1ccco1. The van der Waals surface area contributed by atoms with Crippen LogP contribution in [0.5, 0.6) is 0 Å². The third-order valence-electron chi connectivity index (χ3n) is 2.77. The third-order valence-corrected chi connectivity index (χ3v) is 2.77. The zero-order valence-electron chi connectivity index (χ0n) is 8.84. The zero-order chi connectivity index (χ0) is 11.7. The van der Waals surface area contributed by atoms with E-state index in [4.69, 9.17) is 9.52 Å². The van der Waals surface area contributed by atoms with Crippen molar-refractivity contribution in [2.75, 3.05) is 0 Å². The second kappa shape index (κ2) is 4.00. The number of carboxylic acids is 1. The molecule has 1 aromatic heterocycles. The fraction of sp³-hybridized carbons (Fsp3) is 0.455. The number of carbonyl (C=O) groups excluding carboxylic acids is 1. The standard InChI is InChI=1S/C11H13NO4/c1-6(9-3-2-4-16-9)12-10(13)7-5-8(7)11(14)15/h2-4,6-8H,5H2,1H3,(H,12,13)(H,14,15)/t6-,7?,8?/m1/s1. The maximum atomic E-state index is 11.6. The summed E-state index contributed by atoms with van der Waals surface area (Å²) in [7, 11) is 0. The molecule has 0 saturated heterocycles. The van der Waals surface area contributed by atoms with Crippen LogP contribution in [-0.4, -0.2) is 17.0 Å². The predicted molar refractivity (Wildman–Crippen MR) is 54.5 cm³/mol. The smallest absolute Gasteiger partial charge is 0.307 e. The van der Waals surface area contributed by atoms with Crippen LogP contribution >= 0.6 is 0 Å². The van der Waals surface area contributed by atoms with Gasteiger partial charge in [-0.25, -0.2) is 0 Å². The van der Waals surface area contributed by atoms with Gasteiger partial charge in [-0.1, -0.05) is 0 Å². The molecule has 0 radical (unpaired) electrons. The summed E-state index contributed by atoms with van der Waals surface area (Å²) in [6, 6.07) is 3.29. The maximum absolute atomic E-state index is 11.6. The molecule has 1 aliphatic rings. The molecule has 1 aliphatic carbocycles. The largest absolute Gasteiger partial charge is 0.481 e. The van der Waals surface area contributed by atoms with Gasteiger partial charge in [0.1, 0.15) is 5.76 Å². The van der Waals surface area contributed by atoms with Crippen molar-refractivity contribution in [3.8, 4) is 0 Å². The van der Waals surface area contributed by atoms with E-state index in [9.17, 15) is 9.59 Å². The van der Waals surface area contributed by atoms with E-state index in [0.29, 0.717) is 12.2 Å². The Balaban J connectivity index is 1.87. The average Bonchev–Trinajstić information content (AvgIpc) is 2.85. The molecular formula is C11H13NO4. The van der Waals surface area contributed by atoms with E-state index < -0.39 is 11.9 Å². The minimum atomic E-state index is -0.897. The number of furan rings is 1. The van der Waals surface area contributed by atoms with Gasteiger partial charge < -0.3 is 14.8 Å². The van der Waals surface area contributed by atoms with Crippen LogP contribution in [0, 0.1) is 11.8 Å². The van der Waals surface area contributed by atoms with Gasteiger partial charge in [0.05, 0.1) is 24.1 Å². The number of carboxylic acid groups (broad SMARTS) is 1. The van der Waals surface area contributed by atoms with E-state index in [1.807, 2.05) is 0 Å². The lowest BCUT2D eigenvalue weighted by atomic mass is 10.2. The molecular weight excluding hydrogens is 210 g/mol. The molecule has 1 aromatic rings. The van der Waals surface area contributed by atoms with Crippen molar-refractivity contribution in [1.29, 1.82) is 0 Å². The van der Waals surface area contributed by atoms with Crippen LogP contribution in [0.1, 0.15) is 25.1 Å². The number of hydrogen-bond acceptors (Lipinski definition) is 3. The van der Waals surface area contributed by atoms with Gasteiger partial charge in [0.25, 0.3) is 0 Å². The van der Waals surface area contributed by atoms with Crippen molar-refractivity contribution in [2.24, 2.45) is 11.8 Å². The molecule has 1 heterocycles. The summed E-state index contributed by atoms with van der Waals surface area (Å²) in [6.45, 7) is 1.80. The normalized spacial score (nSPS) is 24.8. The van der Waals surface area contributed by atoms with E-state index in [0.717, 1.165) is 0 Å². The van der Waals surface area contributed by atoms with E-state index in [1.54, 1.807) is 19.1 Å². The van der Waals surface area contributed by atoms with Gasteiger partial charge in [-0.05, 0) is 25.5 Å². The van der Waals surface area contributed by atoms with Gasteiger partial charge in [0.2, 0.25) is 5.91 Å². The van der Waals surface area contributed by atoms with Crippen molar-refractivity contribution in [3.05, 3.63) is 24.2 Å². The number of rotatable bonds is 4. The van der Waals surface area contributed by atoms with Crippen LogP contribution in [0.4, 0.5) is 0 Å². The summed E-state index contributed by atoms with van der Waals surface area (Å²) in [5, 5.41) is 11.4. The molecule has 1 amide bonds. The number of carbonyl (C=O) groups is 2. The molecule has 2 N–H and O–H groups in total. The Morgan fingerprint density at radius 2 is 2.31 bits per heavy atom. The first-order valence-electron chi connectivity index (χ1n) is 5.16. The van der Waals surface area contributed by atoms with Crippen molar-refractivity contribution in [3.63, 3.8) is 0 Å². The summed E-state index contributed by atoms with van der Waals surface area (Å²) in [5.41, 5.74) is 0. The monoisotopic (exact) mass is 223 g/mol. The Morgan fingerprint density at radius 1 is 1.56 bits per heavy atom.